The minimum atomic E-state index is -0.277. The Bertz CT molecular complexity index is 901. The van der Waals surface area contributed by atoms with E-state index in [1.165, 1.54) is 23.3 Å². The van der Waals surface area contributed by atoms with Gasteiger partial charge in [0.1, 0.15) is 12.1 Å². The maximum absolute atomic E-state index is 13.0. The number of benzene rings is 2. The number of guanidine groups is 1. The molecule has 3 aromatic rings. The van der Waals surface area contributed by atoms with Crippen LogP contribution in [0.1, 0.15) is 23.7 Å². The van der Waals surface area contributed by atoms with Gasteiger partial charge in [0.15, 0.2) is 5.96 Å². The third kappa shape index (κ3) is 5.67. The van der Waals surface area contributed by atoms with Crippen LogP contribution in [0.15, 0.2) is 64.2 Å². The maximum atomic E-state index is 13.0. The van der Waals surface area contributed by atoms with E-state index in [4.69, 9.17) is 4.42 Å². The first-order chi connectivity index (χ1) is 13.6. The number of aliphatic imine (C=N–C) groups is 1. The van der Waals surface area contributed by atoms with Crippen molar-refractivity contribution in [3.05, 3.63) is 77.4 Å². The summed E-state index contributed by atoms with van der Waals surface area (Å²) in [7, 11) is 0. The summed E-state index contributed by atoms with van der Waals surface area (Å²) in [6, 6.07) is 14.5. The van der Waals surface area contributed by atoms with Crippen LogP contribution in [0.4, 0.5) is 4.39 Å². The Morgan fingerprint density at radius 2 is 1.82 bits per heavy atom. The molecule has 2 aromatic carbocycles. The van der Waals surface area contributed by atoms with E-state index in [9.17, 15) is 4.39 Å². The van der Waals surface area contributed by atoms with Crippen molar-refractivity contribution in [1.29, 1.82) is 0 Å². The molecule has 1 aromatic heterocycles. The largest absolute Gasteiger partial charge is 0.444 e. The molecule has 0 aliphatic carbocycles. The third-order valence-corrected chi connectivity index (χ3v) is 4.20. The van der Waals surface area contributed by atoms with Gasteiger partial charge >= 0.3 is 0 Å². The minimum absolute atomic E-state index is 0.277. The zero-order chi connectivity index (χ0) is 19.8. The van der Waals surface area contributed by atoms with Crippen molar-refractivity contribution in [2.24, 2.45) is 4.99 Å². The van der Waals surface area contributed by atoms with Gasteiger partial charge in [-0.1, -0.05) is 29.8 Å². The summed E-state index contributed by atoms with van der Waals surface area (Å²) in [6.45, 7) is 6.20. The van der Waals surface area contributed by atoms with Gasteiger partial charge < -0.3 is 15.1 Å². The summed E-state index contributed by atoms with van der Waals surface area (Å²) < 4.78 is 18.5. The second kappa shape index (κ2) is 9.69. The van der Waals surface area contributed by atoms with Gasteiger partial charge in [0.05, 0.1) is 12.2 Å². The zero-order valence-corrected chi connectivity index (χ0v) is 16.2. The summed E-state index contributed by atoms with van der Waals surface area (Å²) in [6.07, 6.45) is 2.33. The molecule has 0 unspecified atom stereocenters. The average Bonchev–Trinajstić information content (AvgIpc) is 3.17. The Balaban J connectivity index is 1.53. The van der Waals surface area contributed by atoms with Gasteiger partial charge in [-0.25, -0.2) is 14.4 Å². The van der Waals surface area contributed by atoms with Gasteiger partial charge in [-0.05, 0) is 43.7 Å². The van der Waals surface area contributed by atoms with Crippen molar-refractivity contribution in [2.45, 2.75) is 26.8 Å². The highest BCUT2D eigenvalue weighted by molar-refractivity contribution is 5.79. The Kier molecular flexibility index (Phi) is 6.78. The van der Waals surface area contributed by atoms with E-state index in [1.807, 2.05) is 6.92 Å². The first kappa shape index (κ1) is 19.6. The van der Waals surface area contributed by atoms with Gasteiger partial charge in [-0.3, -0.25) is 0 Å². The molecule has 0 aliphatic rings. The molecule has 0 bridgehead atoms. The van der Waals surface area contributed by atoms with Crippen LogP contribution < -0.4 is 10.6 Å². The molecule has 1 heterocycles. The lowest BCUT2D eigenvalue weighted by Gasteiger charge is -2.10. The molecule has 3 rings (SSSR count). The summed E-state index contributed by atoms with van der Waals surface area (Å²) >= 11 is 0. The lowest BCUT2D eigenvalue weighted by atomic mass is 10.1. The predicted octanol–water partition coefficient (Wildman–Crippen LogP) is 4.09. The van der Waals surface area contributed by atoms with E-state index < -0.39 is 0 Å². The summed E-state index contributed by atoms with van der Waals surface area (Å²) in [4.78, 5) is 9.09. The van der Waals surface area contributed by atoms with Gasteiger partial charge in [-0.2, -0.15) is 0 Å². The smallest absolute Gasteiger partial charge is 0.226 e. The molecule has 0 radical (unpaired) electrons. The Morgan fingerprint density at radius 3 is 2.54 bits per heavy atom. The topological polar surface area (TPSA) is 62.5 Å². The van der Waals surface area contributed by atoms with Crippen molar-refractivity contribution in [3.63, 3.8) is 0 Å². The highest BCUT2D eigenvalue weighted by Gasteiger charge is 2.07. The van der Waals surface area contributed by atoms with Crippen molar-refractivity contribution >= 4 is 5.96 Å². The molecule has 146 valence electrons. The molecule has 0 saturated heterocycles. The number of aromatic nitrogens is 1. The lowest BCUT2D eigenvalue weighted by Crippen LogP contribution is -2.38. The Hall–Kier alpha value is -3.15. The van der Waals surface area contributed by atoms with E-state index in [0.717, 1.165) is 23.8 Å². The van der Waals surface area contributed by atoms with Gasteiger partial charge in [0, 0.05) is 25.1 Å². The number of nitrogens with zero attached hydrogens (tertiary/aromatic N) is 2. The number of oxazole rings is 1. The quantitative estimate of drug-likeness (QED) is 0.479. The highest BCUT2D eigenvalue weighted by Crippen LogP contribution is 2.18. The molecule has 0 fully saturated rings. The standard InChI is InChI=1S/C22H25FN4O/c1-3-24-22(26-14-17-6-4-16(2)5-7-17)25-13-12-20-15-28-21(27-20)18-8-10-19(23)11-9-18/h4-11,15H,3,12-14H2,1-2H3,(H2,24,25,26). The number of aryl methyl sites for hydroxylation is 1. The number of hydrogen-bond acceptors (Lipinski definition) is 3. The van der Waals surface area contributed by atoms with Crippen LogP contribution in [0, 0.1) is 12.7 Å². The Morgan fingerprint density at radius 1 is 1.07 bits per heavy atom. The number of rotatable bonds is 7. The number of nitrogens with one attached hydrogen (secondary N) is 2. The fourth-order valence-corrected chi connectivity index (χ4v) is 2.66. The van der Waals surface area contributed by atoms with Crippen molar-refractivity contribution in [3.8, 4) is 11.5 Å². The highest BCUT2D eigenvalue weighted by atomic mass is 19.1. The average molecular weight is 380 g/mol. The predicted molar refractivity (Wildman–Crippen MR) is 110 cm³/mol. The number of halogens is 1. The minimum Gasteiger partial charge on any atom is -0.444 e. The summed E-state index contributed by atoms with van der Waals surface area (Å²) in [5.41, 5.74) is 4.00. The SMILES string of the molecule is CCNC(=NCc1ccc(C)cc1)NCCc1coc(-c2ccc(F)cc2)n1. The summed E-state index contributed by atoms with van der Waals surface area (Å²) in [5.74, 6) is 0.987. The lowest BCUT2D eigenvalue weighted by molar-refractivity contribution is 0.571. The van der Waals surface area contributed by atoms with Gasteiger partial charge in [0.25, 0.3) is 0 Å². The second-order valence-electron chi connectivity index (χ2n) is 6.51. The van der Waals surface area contributed by atoms with Crippen molar-refractivity contribution < 1.29 is 8.81 Å². The first-order valence-electron chi connectivity index (χ1n) is 9.42. The van der Waals surface area contributed by atoms with Crippen LogP contribution >= 0.6 is 0 Å². The van der Waals surface area contributed by atoms with Crippen LogP contribution in [0.5, 0.6) is 0 Å². The van der Waals surface area contributed by atoms with E-state index in [0.29, 0.717) is 25.4 Å². The molecule has 2 N–H and O–H groups in total. The van der Waals surface area contributed by atoms with Gasteiger partial charge in [-0.15, -0.1) is 0 Å². The monoisotopic (exact) mass is 380 g/mol. The molecule has 6 heteroatoms. The van der Waals surface area contributed by atoms with E-state index >= 15 is 0 Å². The molecule has 0 atom stereocenters. The molecular weight excluding hydrogens is 355 g/mol. The van der Waals surface area contributed by atoms with Crippen LogP contribution in [0.2, 0.25) is 0 Å². The van der Waals surface area contributed by atoms with Crippen molar-refractivity contribution in [1.82, 2.24) is 15.6 Å². The van der Waals surface area contributed by atoms with Crippen LogP contribution in [0.25, 0.3) is 11.5 Å². The zero-order valence-electron chi connectivity index (χ0n) is 16.2. The van der Waals surface area contributed by atoms with E-state index in [-0.39, 0.29) is 5.82 Å². The fraction of sp³-hybridized carbons (Fsp3) is 0.273. The van der Waals surface area contributed by atoms with E-state index in [2.05, 4.69) is 51.8 Å². The molecule has 5 nitrogen and oxygen atoms in total. The third-order valence-electron chi connectivity index (χ3n) is 4.20. The van der Waals surface area contributed by atoms with E-state index in [1.54, 1.807) is 18.4 Å². The first-order valence-corrected chi connectivity index (χ1v) is 9.42. The fourth-order valence-electron chi connectivity index (χ4n) is 2.66. The number of hydrogen-bond donors (Lipinski definition) is 2. The maximum Gasteiger partial charge on any atom is 0.226 e. The second-order valence-corrected chi connectivity index (χ2v) is 6.51. The molecule has 28 heavy (non-hydrogen) atoms. The normalized spacial score (nSPS) is 11.5. The Labute approximate surface area is 164 Å². The van der Waals surface area contributed by atoms with Crippen LogP contribution in [0.3, 0.4) is 0 Å². The van der Waals surface area contributed by atoms with Crippen LogP contribution in [-0.4, -0.2) is 24.0 Å². The molecule has 0 amide bonds. The molecule has 0 aliphatic heterocycles. The van der Waals surface area contributed by atoms with Crippen molar-refractivity contribution in [2.75, 3.05) is 13.1 Å². The molecule has 0 spiro atoms. The summed E-state index contributed by atoms with van der Waals surface area (Å²) in [5, 5.41) is 6.56. The molecular formula is C22H25FN4O. The molecule has 0 saturated carbocycles. The van der Waals surface area contributed by atoms with Gasteiger partial charge in [0.2, 0.25) is 5.89 Å². The van der Waals surface area contributed by atoms with Crippen LogP contribution in [-0.2, 0) is 13.0 Å².